The lowest BCUT2D eigenvalue weighted by molar-refractivity contribution is -0.169. The zero-order chi connectivity index (χ0) is 17.9. The molecule has 0 aliphatic heterocycles. The Morgan fingerprint density at radius 2 is 1.46 bits per heavy atom. The molecule has 4 nitrogen and oxygen atoms in total. The summed E-state index contributed by atoms with van der Waals surface area (Å²) < 4.78 is 12.1. The van der Waals surface area contributed by atoms with Gasteiger partial charge in [-0.3, -0.25) is 0 Å². The molecule has 0 bridgehead atoms. The van der Waals surface area contributed by atoms with Crippen LogP contribution in [0.1, 0.15) is 78.6 Å². The molecule has 0 aliphatic rings. The first-order chi connectivity index (χ1) is 11.7. The van der Waals surface area contributed by atoms with Crippen molar-refractivity contribution in [1.29, 1.82) is 0 Å². The molecular weight excluding hydrogens is 320 g/mol. The van der Waals surface area contributed by atoms with Crippen molar-refractivity contribution in [3.8, 4) is 0 Å². The van der Waals surface area contributed by atoms with Crippen molar-refractivity contribution in [2.75, 3.05) is 38.6 Å². The first-order valence-electron chi connectivity index (χ1n) is 10.1. The normalized spacial score (nSPS) is 12.0. The number of nitrogens with one attached hydrogen (secondary N) is 1. The highest BCUT2D eigenvalue weighted by atomic mass is 32.2. The molecule has 0 aromatic rings. The van der Waals surface area contributed by atoms with Crippen LogP contribution in [0.15, 0.2) is 0 Å². The lowest BCUT2D eigenvalue weighted by Crippen LogP contribution is -2.33. The molecule has 0 spiro atoms. The number of hydrogen-bond donors (Lipinski definition) is 2. The van der Waals surface area contributed by atoms with Gasteiger partial charge in [0.25, 0.3) is 0 Å². The molecule has 0 aromatic carbocycles. The van der Waals surface area contributed by atoms with Gasteiger partial charge in [0, 0.05) is 32.7 Å². The third kappa shape index (κ3) is 13.5. The molecule has 0 heterocycles. The molecule has 0 saturated heterocycles. The smallest absolute Gasteiger partial charge is 0.218 e. The highest BCUT2D eigenvalue weighted by Gasteiger charge is 2.31. The maximum Gasteiger partial charge on any atom is 0.218 e. The van der Waals surface area contributed by atoms with Gasteiger partial charge in [-0.05, 0) is 39.0 Å². The minimum absolute atomic E-state index is 0.444. The summed E-state index contributed by atoms with van der Waals surface area (Å²) in [6.07, 6.45) is 11.3. The molecule has 24 heavy (non-hydrogen) atoms. The average Bonchev–Trinajstić information content (AvgIpc) is 2.58. The number of hydrogen-bond acceptors (Lipinski definition) is 5. The van der Waals surface area contributed by atoms with E-state index in [1.165, 1.54) is 44.9 Å². The van der Waals surface area contributed by atoms with Gasteiger partial charge in [-0.25, -0.2) is 0 Å². The molecule has 0 saturated carbocycles. The molecule has 0 radical (unpaired) electrons. The average molecular weight is 363 g/mol. The van der Waals surface area contributed by atoms with Crippen molar-refractivity contribution in [3.63, 3.8) is 0 Å². The van der Waals surface area contributed by atoms with Crippen molar-refractivity contribution < 1.29 is 9.47 Å². The van der Waals surface area contributed by atoms with E-state index >= 15 is 0 Å². The first-order valence-corrected chi connectivity index (χ1v) is 11.1. The van der Waals surface area contributed by atoms with E-state index in [9.17, 15) is 0 Å². The summed E-state index contributed by atoms with van der Waals surface area (Å²) >= 11 is 1.83. The Labute approximate surface area is 155 Å². The minimum atomic E-state index is -0.444. The molecule has 0 unspecified atom stereocenters. The van der Waals surface area contributed by atoms with Crippen LogP contribution >= 0.6 is 11.8 Å². The highest BCUT2D eigenvalue weighted by Crippen LogP contribution is 2.34. The molecule has 5 heteroatoms. The topological polar surface area (TPSA) is 56.5 Å². The van der Waals surface area contributed by atoms with Crippen molar-refractivity contribution in [3.05, 3.63) is 0 Å². The monoisotopic (exact) mass is 362 g/mol. The molecule has 0 fully saturated rings. The molecule has 0 rings (SSSR count). The van der Waals surface area contributed by atoms with Crippen molar-refractivity contribution in [1.82, 2.24) is 5.32 Å². The maximum atomic E-state index is 6.04. The van der Waals surface area contributed by atoms with Crippen LogP contribution in [0, 0.1) is 0 Å². The Kier molecular flexibility index (Phi) is 18.1. The van der Waals surface area contributed by atoms with Crippen LogP contribution in [-0.4, -0.2) is 43.7 Å². The molecule has 0 atom stereocenters. The van der Waals surface area contributed by atoms with Gasteiger partial charge in [-0.15, -0.1) is 0 Å². The van der Waals surface area contributed by atoms with Crippen LogP contribution in [0.5, 0.6) is 0 Å². The van der Waals surface area contributed by atoms with Gasteiger partial charge in [0.15, 0.2) is 0 Å². The second-order valence-corrected chi connectivity index (χ2v) is 7.48. The van der Waals surface area contributed by atoms with Crippen LogP contribution in [0.2, 0.25) is 0 Å². The third-order valence-corrected chi connectivity index (χ3v) is 5.33. The van der Waals surface area contributed by atoms with Gasteiger partial charge in [0.1, 0.15) is 0 Å². The summed E-state index contributed by atoms with van der Waals surface area (Å²) in [5.74, 6) is 1.05. The van der Waals surface area contributed by atoms with E-state index in [0.29, 0.717) is 19.8 Å². The van der Waals surface area contributed by atoms with Crippen LogP contribution in [0.3, 0.4) is 0 Å². The summed E-state index contributed by atoms with van der Waals surface area (Å²) in [7, 11) is 0. The zero-order valence-electron chi connectivity index (χ0n) is 16.4. The lowest BCUT2D eigenvalue weighted by Gasteiger charge is -2.32. The van der Waals surface area contributed by atoms with E-state index in [1.807, 2.05) is 11.8 Å². The summed E-state index contributed by atoms with van der Waals surface area (Å²) in [6, 6.07) is 0. The summed E-state index contributed by atoms with van der Waals surface area (Å²) in [4.78, 5) is 0. The zero-order valence-corrected chi connectivity index (χ0v) is 17.2. The standard InChI is InChI=1S/C19H42N2O2S/c1-4-7-8-9-10-11-12-14-19(22-5-2,23-6-3)24-18-13-16-21-17-15-20/h21H,4-18,20H2,1-3H3. The van der Waals surface area contributed by atoms with Crippen molar-refractivity contribution in [2.24, 2.45) is 5.73 Å². The number of thioether (sulfide) groups is 1. The van der Waals surface area contributed by atoms with E-state index in [-0.39, 0.29) is 0 Å². The third-order valence-electron chi connectivity index (χ3n) is 3.96. The fraction of sp³-hybridized carbons (Fsp3) is 1.00. The summed E-state index contributed by atoms with van der Waals surface area (Å²) in [5, 5.41) is 2.90. The Morgan fingerprint density at radius 1 is 0.833 bits per heavy atom. The fourth-order valence-corrected chi connectivity index (χ4v) is 4.02. The quantitative estimate of drug-likeness (QED) is 0.261. The van der Waals surface area contributed by atoms with E-state index in [2.05, 4.69) is 26.1 Å². The van der Waals surface area contributed by atoms with E-state index in [4.69, 9.17) is 15.2 Å². The second kappa shape index (κ2) is 18.0. The van der Waals surface area contributed by atoms with E-state index < -0.39 is 5.12 Å². The van der Waals surface area contributed by atoms with Crippen LogP contribution in [0.25, 0.3) is 0 Å². The number of unbranched alkanes of at least 4 members (excludes halogenated alkanes) is 6. The Hall–Kier alpha value is 0.190. The van der Waals surface area contributed by atoms with Crippen LogP contribution in [0.4, 0.5) is 0 Å². The number of rotatable bonds is 19. The van der Waals surface area contributed by atoms with Gasteiger partial charge >= 0.3 is 0 Å². The Bertz CT molecular complexity index is 250. The molecule has 0 aliphatic carbocycles. The van der Waals surface area contributed by atoms with Crippen LogP contribution < -0.4 is 11.1 Å². The fourth-order valence-electron chi connectivity index (χ4n) is 2.73. The highest BCUT2D eigenvalue weighted by molar-refractivity contribution is 8.00. The maximum absolute atomic E-state index is 6.04. The Balaban J connectivity index is 4.08. The predicted octanol–water partition coefficient (Wildman–Crippen LogP) is 4.53. The minimum Gasteiger partial charge on any atom is -0.341 e. The van der Waals surface area contributed by atoms with Crippen molar-refractivity contribution >= 4 is 11.8 Å². The Morgan fingerprint density at radius 3 is 2.04 bits per heavy atom. The van der Waals surface area contributed by atoms with Gasteiger partial charge in [0.2, 0.25) is 5.12 Å². The number of ether oxygens (including phenoxy) is 2. The first kappa shape index (κ1) is 24.2. The van der Waals surface area contributed by atoms with Crippen LogP contribution in [-0.2, 0) is 9.47 Å². The second-order valence-electron chi connectivity index (χ2n) is 6.16. The predicted molar refractivity (Wildman–Crippen MR) is 108 cm³/mol. The van der Waals surface area contributed by atoms with Crippen molar-refractivity contribution in [2.45, 2.75) is 83.7 Å². The van der Waals surface area contributed by atoms with Gasteiger partial charge in [-0.1, -0.05) is 57.2 Å². The summed E-state index contributed by atoms with van der Waals surface area (Å²) in [6.45, 7) is 10.4. The van der Waals surface area contributed by atoms with E-state index in [0.717, 1.165) is 31.7 Å². The number of nitrogens with two attached hydrogens (primary N) is 1. The molecular formula is C19H42N2O2S. The lowest BCUT2D eigenvalue weighted by atomic mass is 10.1. The largest absolute Gasteiger partial charge is 0.341 e. The van der Waals surface area contributed by atoms with Gasteiger partial charge in [0.05, 0.1) is 0 Å². The molecule has 146 valence electrons. The van der Waals surface area contributed by atoms with E-state index in [1.54, 1.807) is 0 Å². The molecule has 0 amide bonds. The van der Waals surface area contributed by atoms with Gasteiger partial charge < -0.3 is 20.5 Å². The molecule has 0 aromatic heterocycles. The van der Waals surface area contributed by atoms with Gasteiger partial charge in [-0.2, -0.15) is 0 Å². The molecule has 3 N–H and O–H groups in total. The summed E-state index contributed by atoms with van der Waals surface area (Å²) in [5.41, 5.74) is 5.49. The SMILES string of the molecule is CCCCCCCCCC(OCC)(OCC)SCCCNCCN.